The lowest BCUT2D eigenvalue weighted by Crippen LogP contribution is -1.96. The maximum atomic E-state index is 5.87. The molecule has 1 aromatic carbocycles. The first kappa shape index (κ1) is 12.3. The van der Waals surface area contributed by atoms with Crippen LogP contribution in [-0.4, -0.2) is 6.61 Å². The molecule has 90 valence electrons. The Kier molecular flexibility index (Phi) is 4.34. The molecule has 0 spiro atoms. The highest BCUT2D eigenvalue weighted by molar-refractivity contribution is 8.01. The molecule has 2 rings (SSSR count). The van der Waals surface area contributed by atoms with Gasteiger partial charge in [0.2, 0.25) is 0 Å². The summed E-state index contributed by atoms with van der Waals surface area (Å²) in [5.74, 6) is 0.853. The Hall–Kier alpha value is -1.13. The predicted molar refractivity (Wildman–Crippen MR) is 75.1 cm³/mol. The highest BCUT2D eigenvalue weighted by Gasteiger charge is 2.03. The molecule has 1 heterocycles. The average molecular weight is 265 g/mol. The molecular formula is C13H15NOS2. The van der Waals surface area contributed by atoms with Gasteiger partial charge in [-0.15, -0.1) is 11.3 Å². The summed E-state index contributed by atoms with van der Waals surface area (Å²) < 4.78 is 6.87. The first-order chi connectivity index (χ1) is 8.28. The lowest BCUT2D eigenvalue weighted by molar-refractivity contribution is 0.317. The number of nitrogens with two attached hydrogens (primary N) is 1. The summed E-state index contributed by atoms with van der Waals surface area (Å²) in [6.45, 7) is 2.82. The Balaban J connectivity index is 2.13. The summed E-state index contributed by atoms with van der Waals surface area (Å²) in [5.41, 5.74) is 6.62. The first-order valence-corrected chi connectivity index (χ1v) is 7.22. The maximum absolute atomic E-state index is 5.87. The molecule has 0 atom stereocenters. The van der Waals surface area contributed by atoms with Crippen LogP contribution < -0.4 is 10.5 Å². The van der Waals surface area contributed by atoms with E-state index in [9.17, 15) is 0 Å². The number of hydrogen-bond donors (Lipinski definition) is 1. The van der Waals surface area contributed by atoms with E-state index < -0.39 is 0 Å². The molecule has 2 nitrogen and oxygen atoms in total. The van der Waals surface area contributed by atoms with Crippen molar-refractivity contribution in [3.05, 3.63) is 35.7 Å². The molecule has 2 aromatic rings. The highest BCUT2D eigenvalue weighted by Crippen LogP contribution is 2.34. The molecular weight excluding hydrogens is 250 g/mol. The monoisotopic (exact) mass is 265 g/mol. The lowest BCUT2D eigenvalue weighted by Gasteiger charge is -2.08. The molecule has 0 aliphatic rings. The number of ether oxygens (including phenoxy) is 1. The summed E-state index contributed by atoms with van der Waals surface area (Å²) in [6, 6.07) is 10.0. The third-order valence-electron chi connectivity index (χ3n) is 2.09. The van der Waals surface area contributed by atoms with Crippen molar-refractivity contribution < 1.29 is 4.74 Å². The molecule has 0 bridgehead atoms. The van der Waals surface area contributed by atoms with E-state index in [-0.39, 0.29) is 0 Å². The van der Waals surface area contributed by atoms with Crippen molar-refractivity contribution >= 4 is 28.8 Å². The molecule has 0 amide bonds. The Bertz CT molecular complexity index is 468. The van der Waals surface area contributed by atoms with Crippen molar-refractivity contribution in [3.63, 3.8) is 0 Å². The molecule has 0 saturated heterocycles. The third-order valence-corrected chi connectivity index (χ3v) is 4.10. The van der Waals surface area contributed by atoms with Gasteiger partial charge in [0.25, 0.3) is 0 Å². The van der Waals surface area contributed by atoms with Crippen LogP contribution in [0, 0.1) is 0 Å². The third kappa shape index (κ3) is 3.68. The topological polar surface area (TPSA) is 35.2 Å². The van der Waals surface area contributed by atoms with E-state index in [2.05, 4.69) is 18.4 Å². The van der Waals surface area contributed by atoms with Crippen molar-refractivity contribution in [3.8, 4) is 5.75 Å². The van der Waals surface area contributed by atoms with E-state index in [1.165, 1.54) is 4.21 Å². The fourth-order valence-corrected chi connectivity index (χ4v) is 3.24. The normalized spacial score (nSPS) is 10.4. The van der Waals surface area contributed by atoms with Gasteiger partial charge >= 0.3 is 0 Å². The molecule has 0 saturated carbocycles. The number of anilines is 1. The highest BCUT2D eigenvalue weighted by atomic mass is 32.2. The molecule has 0 unspecified atom stereocenters. The van der Waals surface area contributed by atoms with Crippen molar-refractivity contribution in [2.45, 2.75) is 22.4 Å². The smallest absolute Gasteiger partial charge is 0.122 e. The van der Waals surface area contributed by atoms with Gasteiger partial charge in [0, 0.05) is 16.6 Å². The summed E-state index contributed by atoms with van der Waals surface area (Å²) in [6.07, 6.45) is 1.00. The van der Waals surface area contributed by atoms with Crippen LogP contribution in [0.3, 0.4) is 0 Å². The van der Waals surface area contributed by atoms with E-state index in [0.717, 1.165) is 29.4 Å². The van der Waals surface area contributed by atoms with Crippen LogP contribution in [0.1, 0.15) is 13.3 Å². The Labute approximate surface area is 110 Å². The van der Waals surface area contributed by atoms with Crippen molar-refractivity contribution in [1.82, 2.24) is 0 Å². The van der Waals surface area contributed by atoms with Crippen molar-refractivity contribution in [1.29, 1.82) is 0 Å². The Morgan fingerprint density at radius 1 is 1.35 bits per heavy atom. The summed E-state index contributed by atoms with van der Waals surface area (Å²) >= 11 is 3.44. The van der Waals surface area contributed by atoms with Crippen molar-refractivity contribution in [2.75, 3.05) is 12.3 Å². The van der Waals surface area contributed by atoms with E-state index in [0.29, 0.717) is 0 Å². The Morgan fingerprint density at radius 3 is 2.94 bits per heavy atom. The standard InChI is InChI=1S/C13H15NOS2/c1-2-5-15-11-7-10(14)8-12(9-11)17-13-4-3-6-16-13/h3-4,6-9H,2,5,14H2,1H3. The first-order valence-electron chi connectivity index (χ1n) is 5.52. The lowest BCUT2D eigenvalue weighted by atomic mass is 10.3. The molecule has 17 heavy (non-hydrogen) atoms. The van der Waals surface area contributed by atoms with E-state index in [1.807, 2.05) is 24.3 Å². The molecule has 0 fully saturated rings. The molecule has 4 heteroatoms. The van der Waals surface area contributed by atoms with Crippen LogP contribution in [0.5, 0.6) is 5.75 Å². The SMILES string of the molecule is CCCOc1cc(N)cc(Sc2cccs2)c1. The number of benzene rings is 1. The van der Waals surface area contributed by atoms with Crippen LogP contribution in [0.2, 0.25) is 0 Å². The molecule has 2 N–H and O–H groups in total. The van der Waals surface area contributed by atoms with Crippen LogP contribution in [0.4, 0.5) is 5.69 Å². The minimum Gasteiger partial charge on any atom is -0.493 e. The zero-order chi connectivity index (χ0) is 12.1. The number of hydrogen-bond acceptors (Lipinski definition) is 4. The largest absolute Gasteiger partial charge is 0.493 e. The van der Waals surface area contributed by atoms with Gasteiger partial charge in [0.1, 0.15) is 5.75 Å². The molecule has 1 aromatic heterocycles. The van der Waals surface area contributed by atoms with Crippen molar-refractivity contribution in [2.24, 2.45) is 0 Å². The van der Waals surface area contributed by atoms with Gasteiger partial charge in [-0.25, -0.2) is 0 Å². The Morgan fingerprint density at radius 2 is 2.24 bits per heavy atom. The molecule has 0 aliphatic carbocycles. The van der Waals surface area contributed by atoms with Gasteiger partial charge in [0.05, 0.1) is 10.8 Å². The van der Waals surface area contributed by atoms with Crippen LogP contribution >= 0.6 is 23.1 Å². The van der Waals surface area contributed by atoms with E-state index >= 15 is 0 Å². The fraction of sp³-hybridized carbons (Fsp3) is 0.231. The van der Waals surface area contributed by atoms with Crippen LogP contribution in [0.15, 0.2) is 44.8 Å². The van der Waals surface area contributed by atoms with Gasteiger partial charge in [-0.2, -0.15) is 0 Å². The maximum Gasteiger partial charge on any atom is 0.122 e. The van der Waals surface area contributed by atoms with Crippen LogP contribution in [0.25, 0.3) is 0 Å². The van der Waals surface area contributed by atoms with Gasteiger partial charge in [-0.3, -0.25) is 0 Å². The second-order valence-electron chi connectivity index (χ2n) is 3.62. The van der Waals surface area contributed by atoms with Gasteiger partial charge in [-0.1, -0.05) is 24.8 Å². The average Bonchev–Trinajstić information content (AvgIpc) is 2.78. The summed E-state index contributed by atoms with van der Waals surface area (Å²) in [5, 5.41) is 2.07. The van der Waals surface area contributed by atoms with E-state index in [1.54, 1.807) is 23.1 Å². The number of nitrogen functional groups attached to an aromatic ring is 1. The molecule has 0 radical (unpaired) electrons. The fourth-order valence-electron chi connectivity index (χ4n) is 1.39. The molecule has 0 aliphatic heterocycles. The van der Waals surface area contributed by atoms with Gasteiger partial charge < -0.3 is 10.5 Å². The second kappa shape index (κ2) is 5.98. The van der Waals surface area contributed by atoms with Gasteiger partial charge in [0.15, 0.2) is 0 Å². The zero-order valence-corrected chi connectivity index (χ0v) is 11.3. The zero-order valence-electron chi connectivity index (χ0n) is 9.68. The minimum absolute atomic E-state index is 0.729. The quantitative estimate of drug-likeness (QED) is 0.820. The second-order valence-corrected chi connectivity index (χ2v) is 5.94. The van der Waals surface area contributed by atoms with E-state index in [4.69, 9.17) is 10.5 Å². The number of rotatable bonds is 5. The summed E-state index contributed by atoms with van der Waals surface area (Å²) in [7, 11) is 0. The number of thiophene rings is 1. The minimum atomic E-state index is 0.729. The predicted octanol–water partition coefficient (Wildman–Crippen LogP) is 4.27. The van der Waals surface area contributed by atoms with Gasteiger partial charge in [-0.05, 0) is 30.0 Å². The van der Waals surface area contributed by atoms with Crippen LogP contribution in [-0.2, 0) is 0 Å². The summed E-state index contributed by atoms with van der Waals surface area (Å²) in [4.78, 5) is 1.12.